The monoisotopic (exact) mass is 172 g/mol. The second kappa shape index (κ2) is 6.60. The molecule has 12 heavy (non-hydrogen) atoms. The standard InChI is InChI=1S/C7H16N4O/c1-6(12)5-10-3-2-4-11-7(8)9/h10H,2-5H2,1H3,(H4,8,9,11). The molecule has 0 saturated heterocycles. The van der Waals surface area contributed by atoms with Crippen LogP contribution in [-0.4, -0.2) is 31.4 Å². The van der Waals surface area contributed by atoms with Gasteiger partial charge in [-0.1, -0.05) is 0 Å². The van der Waals surface area contributed by atoms with Gasteiger partial charge in [0.15, 0.2) is 5.96 Å². The van der Waals surface area contributed by atoms with Crippen LogP contribution in [0.25, 0.3) is 0 Å². The Hall–Kier alpha value is -1.10. The molecule has 0 fully saturated rings. The zero-order valence-electron chi connectivity index (χ0n) is 7.34. The van der Waals surface area contributed by atoms with E-state index >= 15 is 0 Å². The maximum atomic E-state index is 10.5. The second-order valence-electron chi connectivity index (χ2n) is 2.54. The van der Waals surface area contributed by atoms with Crippen molar-refractivity contribution in [2.75, 3.05) is 19.6 Å². The molecule has 5 N–H and O–H groups in total. The van der Waals surface area contributed by atoms with Crippen LogP contribution < -0.4 is 16.8 Å². The first-order chi connectivity index (χ1) is 5.63. The van der Waals surface area contributed by atoms with Crippen molar-refractivity contribution in [2.45, 2.75) is 13.3 Å². The van der Waals surface area contributed by atoms with Gasteiger partial charge >= 0.3 is 0 Å². The summed E-state index contributed by atoms with van der Waals surface area (Å²) in [6.07, 6.45) is 0.838. The Morgan fingerprint density at radius 3 is 2.67 bits per heavy atom. The molecule has 0 aliphatic heterocycles. The van der Waals surface area contributed by atoms with E-state index in [2.05, 4.69) is 10.3 Å². The number of ketones is 1. The van der Waals surface area contributed by atoms with Crippen LogP contribution >= 0.6 is 0 Å². The van der Waals surface area contributed by atoms with Crippen LogP contribution in [0.1, 0.15) is 13.3 Å². The first-order valence-electron chi connectivity index (χ1n) is 3.88. The molecule has 0 atom stereocenters. The minimum Gasteiger partial charge on any atom is -0.370 e. The molecule has 0 rings (SSSR count). The summed E-state index contributed by atoms with van der Waals surface area (Å²) >= 11 is 0. The van der Waals surface area contributed by atoms with Gasteiger partial charge in [0, 0.05) is 6.54 Å². The van der Waals surface area contributed by atoms with Crippen molar-refractivity contribution >= 4 is 11.7 Å². The number of aliphatic imine (C=N–C) groups is 1. The highest BCUT2D eigenvalue weighted by Crippen LogP contribution is 1.77. The summed E-state index contributed by atoms with van der Waals surface area (Å²) in [5, 5.41) is 2.96. The van der Waals surface area contributed by atoms with Gasteiger partial charge in [-0.05, 0) is 19.9 Å². The van der Waals surface area contributed by atoms with E-state index < -0.39 is 0 Å². The van der Waals surface area contributed by atoms with E-state index in [0.29, 0.717) is 13.1 Å². The summed E-state index contributed by atoms with van der Waals surface area (Å²) in [5.74, 6) is 0.249. The molecule has 70 valence electrons. The van der Waals surface area contributed by atoms with Crippen molar-refractivity contribution in [1.29, 1.82) is 0 Å². The number of nitrogens with two attached hydrogens (primary N) is 2. The molecular weight excluding hydrogens is 156 g/mol. The van der Waals surface area contributed by atoms with Gasteiger partial charge in [-0.25, -0.2) is 0 Å². The lowest BCUT2D eigenvalue weighted by atomic mass is 10.4. The van der Waals surface area contributed by atoms with E-state index in [1.165, 1.54) is 0 Å². The van der Waals surface area contributed by atoms with Gasteiger partial charge in [0.25, 0.3) is 0 Å². The summed E-state index contributed by atoms with van der Waals surface area (Å²) in [4.78, 5) is 14.2. The van der Waals surface area contributed by atoms with Crippen molar-refractivity contribution in [2.24, 2.45) is 16.5 Å². The van der Waals surface area contributed by atoms with Gasteiger partial charge in [0.2, 0.25) is 0 Å². The highest BCUT2D eigenvalue weighted by molar-refractivity contribution is 5.77. The zero-order chi connectivity index (χ0) is 9.40. The van der Waals surface area contributed by atoms with Crippen LogP contribution in [0.4, 0.5) is 0 Å². The molecule has 0 aromatic carbocycles. The Morgan fingerprint density at radius 1 is 1.50 bits per heavy atom. The largest absolute Gasteiger partial charge is 0.370 e. The first kappa shape index (κ1) is 10.9. The van der Waals surface area contributed by atoms with Gasteiger partial charge in [0.1, 0.15) is 5.78 Å². The number of nitrogens with zero attached hydrogens (tertiary/aromatic N) is 1. The number of carbonyl (C=O) groups excluding carboxylic acids is 1. The van der Waals surface area contributed by atoms with Crippen LogP contribution in [0, 0.1) is 0 Å². The number of carbonyl (C=O) groups is 1. The summed E-state index contributed by atoms with van der Waals surface area (Å²) in [5.41, 5.74) is 10.2. The zero-order valence-corrected chi connectivity index (χ0v) is 7.34. The SMILES string of the molecule is CC(=O)CNCCCN=C(N)N. The predicted octanol–water partition coefficient (Wildman–Crippen LogP) is -1.17. The topological polar surface area (TPSA) is 93.5 Å². The molecule has 0 aromatic heterocycles. The van der Waals surface area contributed by atoms with Crippen molar-refractivity contribution in [3.63, 3.8) is 0 Å². The summed E-state index contributed by atoms with van der Waals surface area (Å²) < 4.78 is 0. The molecule has 5 heteroatoms. The van der Waals surface area contributed by atoms with Crippen LogP contribution in [0.3, 0.4) is 0 Å². The van der Waals surface area contributed by atoms with Crippen molar-refractivity contribution in [3.05, 3.63) is 0 Å². The molecule has 0 aromatic rings. The number of rotatable bonds is 6. The molecule has 0 saturated carbocycles. The fourth-order valence-electron chi connectivity index (χ4n) is 0.677. The number of guanidine groups is 1. The molecule has 0 bridgehead atoms. The van der Waals surface area contributed by atoms with Gasteiger partial charge in [-0.15, -0.1) is 0 Å². The molecule has 0 amide bonds. The van der Waals surface area contributed by atoms with Crippen LogP contribution in [-0.2, 0) is 4.79 Å². The fraction of sp³-hybridized carbons (Fsp3) is 0.714. The molecule has 0 spiro atoms. The molecule has 0 aliphatic rings. The lowest BCUT2D eigenvalue weighted by Gasteiger charge is -1.99. The Bertz CT molecular complexity index is 163. The van der Waals surface area contributed by atoms with E-state index in [1.54, 1.807) is 6.92 Å². The number of hydrogen-bond acceptors (Lipinski definition) is 3. The first-order valence-corrected chi connectivity index (χ1v) is 3.88. The maximum Gasteiger partial charge on any atom is 0.185 e. The van der Waals surface area contributed by atoms with E-state index in [0.717, 1.165) is 13.0 Å². The molecule has 0 unspecified atom stereocenters. The third-order valence-corrected chi connectivity index (χ3v) is 1.18. The number of nitrogens with one attached hydrogen (secondary N) is 1. The fourth-order valence-corrected chi connectivity index (χ4v) is 0.677. The van der Waals surface area contributed by atoms with Gasteiger partial charge in [0.05, 0.1) is 6.54 Å². The van der Waals surface area contributed by atoms with E-state index in [4.69, 9.17) is 11.5 Å². The average Bonchev–Trinajstić information content (AvgIpc) is 1.95. The molecule has 0 radical (unpaired) electrons. The molecular formula is C7H16N4O. The smallest absolute Gasteiger partial charge is 0.185 e. The maximum absolute atomic E-state index is 10.5. The number of hydrogen-bond donors (Lipinski definition) is 3. The van der Waals surface area contributed by atoms with Crippen LogP contribution in [0.2, 0.25) is 0 Å². The Kier molecular flexibility index (Phi) is 6.00. The molecule has 0 aliphatic carbocycles. The quantitative estimate of drug-likeness (QED) is 0.267. The highest BCUT2D eigenvalue weighted by Gasteiger charge is 1.90. The van der Waals surface area contributed by atoms with E-state index in [1.807, 2.05) is 0 Å². The van der Waals surface area contributed by atoms with Crippen LogP contribution in [0.15, 0.2) is 4.99 Å². The summed E-state index contributed by atoms with van der Waals surface area (Å²) in [6.45, 7) is 3.33. The predicted molar refractivity (Wildman–Crippen MR) is 48.8 cm³/mol. The van der Waals surface area contributed by atoms with Crippen molar-refractivity contribution < 1.29 is 4.79 Å². The van der Waals surface area contributed by atoms with E-state index in [9.17, 15) is 4.79 Å². The lowest BCUT2D eigenvalue weighted by Crippen LogP contribution is -2.25. The summed E-state index contributed by atoms with van der Waals surface area (Å²) in [6, 6.07) is 0. The lowest BCUT2D eigenvalue weighted by molar-refractivity contribution is -0.116. The van der Waals surface area contributed by atoms with Gasteiger partial charge < -0.3 is 16.8 Å². The van der Waals surface area contributed by atoms with Crippen molar-refractivity contribution in [3.8, 4) is 0 Å². The summed E-state index contributed by atoms with van der Waals surface area (Å²) in [7, 11) is 0. The highest BCUT2D eigenvalue weighted by atomic mass is 16.1. The minimum absolute atomic E-state index is 0.113. The molecule has 5 nitrogen and oxygen atoms in total. The van der Waals surface area contributed by atoms with Gasteiger partial charge in [-0.2, -0.15) is 0 Å². The van der Waals surface area contributed by atoms with Crippen molar-refractivity contribution in [1.82, 2.24) is 5.32 Å². The van der Waals surface area contributed by atoms with E-state index in [-0.39, 0.29) is 11.7 Å². The second-order valence-corrected chi connectivity index (χ2v) is 2.54. The Labute approximate surface area is 72.2 Å². The Balaban J connectivity index is 3.11. The van der Waals surface area contributed by atoms with Gasteiger partial charge in [-0.3, -0.25) is 9.79 Å². The molecule has 0 heterocycles. The third-order valence-electron chi connectivity index (χ3n) is 1.18. The normalized spacial score (nSPS) is 9.42. The van der Waals surface area contributed by atoms with Crippen LogP contribution in [0.5, 0.6) is 0 Å². The number of Topliss-reactive ketones (excluding diaryl/α,β-unsaturated/α-hetero) is 1. The minimum atomic E-state index is 0.113. The average molecular weight is 172 g/mol. The Morgan fingerprint density at radius 2 is 2.17 bits per heavy atom. The third kappa shape index (κ3) is 8.90.